The largest absolute Gasteiger partial charge is 0.453 e. The Hall–Kier alpha value is -3.29. The number of hydrogen-bond donors (Lipinski definition) is 0. The fourth-order valence-corrected chi connectivity index (χ4v) is 5.12. The maximum Gasteiger partial charge on any atom is 0.338 e. The third-order valence-corrected chi connectivity index (χ3v) is 6.89. The number of ether oxygens (including phenoxy) is 1. The predicted molar refractivity (Wildman–Crippen MR) is 125 cm³/mol. The summed E-state index contributed by atoms with van der Waals surface area (Å²) in [6.45, 7) is 4.19. The van der Waals surface area contributed by atoms with E-state index in [9.17, 15) is 4.79 Å². The summed E-state index contributed by atoms with van der Waals surface area (Å²) in [7, 11) is 0. The highest BCUT2D eigenvalue weighted by Gasteiger charge is 2.27. The number of benzene rings is 2. The Balaban J connectivity index is 1.57. The first kappa shape index (κ1) is 20.6. The molecule has 1 atom stereocenters. The van der Waals surface area contributed by atoms with Crippen LogP contribution in [0.4, 0.5) is 0 Å². The maximum absolute atomic E-state index is 12.6. The first-order valence-electron chi connectivity index (χ1n) is 10.1. The lowest BCUT2D eigenvalue weighted by Gasteiger charge is -2.11. The molecule has 1 aliphatic heterocycles. The Morgan fingerprint density at radius 3 is 2.62 bits per heavy atom. The van der Waals surface area contributed by atoms with Crippen LogP contribution in [-0.4, -0.2) is 26.4 Å². The molecule has 1 aliphatic rings. The van der Waals surface area contributed by atoms with Crippen molar-refractivity contribution in [2.75, 3.05) is 0 Å². The van der Waals surface area contributed by atoms with Crippen LogP contribution in [0, 0.1) is 6.92 Å². The first-order chi connectivity index (χ1) is 15.5. The standard InChI is InChI=1S/C24H19ClN4O2S/c1-14(31-24(30)16-8-4-3-5-9-16)20-12-18-22(17-10-6-7-11-19(17)25)26-13-21-28-27-15(2)29(21)23(18)32-20/h3-12,14H,13H2,1-2H3. The van der Waals surface area contributed by atoms with Crippen molar-refractivity contribution in [3.8, 4) is 5.00 Å². The number of aliphatic imine (C=N–C) groups is 1. The average Bonchev–Trinajstić information content (AvgIpc) is 3.35. The Kier molecular flexibility index (Phi) is 5.36. The van der Waals surface area contributed by atoms with Crippen LogP contribution in [-0.2, 0) is 11.3 Å². The predicted octanol–water partition coefficient (Wildman–Crippen LogP) is 5.56. The van der Waals surface area contributed by atoms with Gasteiger partial charge in [-0.25, -0.2) is 4.79 Å². The quantitative estimate of drug-likeness (QED) is 0.372. The lowest BCUT2D eigenvalue weighted by atomic mass is 10.0. The Morgan fingerprint density at radius 2 is 1.84 bits per heavy atom. The van der Waals surface area contributed by atoms with E-state index in [2.05, 4.69) is 10.2 Å². The van der Waals surface area contributed by atoms with Crippen molar-refractivity contribution in [2.45, 2.75) is 26.5 Å². The van der Waals surface area contributed by atoms with E-state index < -0.39 is 6.10 Å². The van der Waals surface area contributed by atoms with E-state index in [1.165, 1.54) is 0 Å². The van der Waals surface area contributed by atoms with E-state index in [1.54, 1.807) is 23.5 Å². The number of nitrogens with zero attached hydrogens (tertiary/aromatic N) is 4. The molecule has 1 unspecified atom stereocenters. The highest BCUT2D eigenvalue weighted by molar-refractivity contribution is 7.15. The normalized spacial score (nSPS) is 13.5. The molecular formula is C24H19ClN4O2S. The Labute approximate surface area is 194 Å². The number of rotatable bonds is 4. The van der Waals surface area contributed by atoms with Crippen LogP contribution in [0.3, 0.4) is 0 Å². The molecule has 2 aromatic carbocycles. The van der Waals surface area contributed by atoms with Gasteiger partial charge in [0.05, 0.1) is 11.3 Å². The second-order valence-electron chi connectivity index (χ2n) is 7.42. The van der Waals surface area contributed by atoms with Crippen molar-refractivity contribution in [2.24, 2.45) is 4.99 Å². The second-order valence-corrected chi connectivity index (χ2v) is 8.89. The number of esters is 1. The smallest absolute Gasteiger partial charge is 0.338 e. The Bertz CT molecular complexity index is 1340. The van der Waals surface area contributed by atoms with Gasteiger partial charge in [-0.15, -0.1) is 21.5 Å². The summed E-state index contributed by atoms with van der Waals surface area (Å²) >= 11 is 8.06. The third-order valence-electron chi connectivity index (χ3n) is 5.28. The van der Waals surface area contributed by atoms with E-state index in [4.69, 9.17) is 21.3 Å². The summed E-state index contributed by atoms with van der Waals surface area (Å²) in [5.74, 6) is 1.18. The van der Waals surface area contributed by atoms with Gasteiger partial charge in [0.1, 0.15) is 23.5 Å². The molecule has 0 N–H and O–H groups in total. The molecule has 0 bridgehead atoms. The lowest BCUT2D eigenvalue weighted by Crippen LogP contribution is -2.08. The SMILES string of the molecule is Cc1nnc2n1-c1sc(C(C)OC(=O)c3ccccc3)cc1C(c1ccccc1Cl)=NC2. The second kappa shape index (κ2) is 8.33. The Morgan fingerprint density at radius 1 is 1.09 bits per heavy atom. The zero-order chi connectivity index (χ0) is 22.2. The number of thiophene rings is 1. The molecule has 160 valence electrons. The molecule has 5 rings (SSSR count). The van der Waals surface area contributed by atoms with Crippen LogP contribution < -0.4 is 0 Å². The van der Waals surface area contributed by atoms with Gasteiger partial charge in [-0.05, 0) is 38.1 Å². The van der Waals surface area contributed by atoms with Crippen molar-refractivity contribution in [3.63, 3.8) is 0 Å². The van der Waals surface area contributed by atoms with Crippen LogP contribution in [0.5, 0.6) is 0 Å². The molecule has 3 heterocycles. The van der Waals surface area contributed by atoms with Gasteiger partial charge in [0, 0.05) is 21.0 Å². The summed E-state index contributed by atoms with van der Waals surface area (Å²) in [4.78, 5) is 18.3. The van der Waals surface area contributed by atoms with Crippen molar-refractivity contribution in [1.82, 2.24) is 14.8 Å². The van der Waals surface area contributed by atoms with Gasteiger partial charge in [-0.3, -0.25) is 9.56 Å². The minimum absolute atomic E-state index is 0.358. The molecule has 6 nitrogen and oxygen atoms in total. The summed E-state index contributed by atoms with van der Waals surface area (Å²) in [6, 6.07) is 18.7. The van der Waals surface area contributed by atoms with Crippen LogP contribution >= 0.6 is 22.9 Å². The highest BCUT2D eigenvalue weighted by atomic mass is 35.5. The zero-order valence-electron chi connectivity index (χ0n) is 17.4. The summed E-state index contributed by atoms with van der Waals surface area (Å²) < 4.78 is 7.78. The number of halogens is 1. The van der Waals surface area contributed by atoms with Crippen LogP contribution in [0.1, 0.15) is 51.0 Å². The van der Waals surface area contributed by atoms with Gasteiger partial charge >= 0.3 is 5.97 Å². The lowest BCUT2D eigenvalue weighted by molar-refractivity contribution is 0.0345. The fourth-order valence-electron chi connectivity index (χ4n) is 3.69. The van der Waals surface area contributed by atoms with Gasteiger partial charge in [0.25, 0.3) is 0 Å². The van der Waals surface area contributed by atoms with Gasteiger partial charge in [-0.1, -0.05) is 48.0 Å². The molecule has 0 saturated heterocycles. The molecular weight excluding hydrogens is 444 g/mol. The molecule has 4 aromatic rings. The highest BCUT2D eigenvalue weighted by Crippen LogP contribution is 2.37. The zero-order valence-corrected chi connectivity index (χ0v) is 19.0. The van der Waals surface area contributed by atoms with Crippen molar-refractivity contribution >= 4 is 34.6 Å². The van der Waals surface area contributed by atoms with Gasteiger partial charge in [0.15, 0.2) is 5.82 Å². The van der Waals surface area contributed by atoms with Gasteiger partial charge in [-0.2, -0.15) is 0 Å². The van der Waals surface area contributed by atoms with Crippen molar-refractivity contribution < 1.29 is 9.53 Å². The van der Waals surface area contributed by atoms with E-state index in [1.807, 2.05) is 66.9 Å². The topological polar surface area (TPSA) is 69.4 Å². The molecule has 0 aliphatic carbocycles. The number of hydrogen-bond acceptors (Lipinski definition) is 6. The van der Waals surface area contributed by atoms with Crippen LogP contribution in [0.2, 0.25) is 5.02 Å². The summed E-state index contributed by atoms with van der Waals surface area (Å²) in [6.07, 6.45) is -0.438. The monoisotopic (exact) mass is 462 g/mol. The minimum atomic E-state index is -0.438. The minimum Gasteiger partial charge on any atom is -0.453 e. The number of carbonyl (C=O) groups is 1. The van der Waals surface area contributed by atoms with E-state index in [-0.39, 0.29) is 5.97 Å². The van der Waals surface area contributed by atoms with E-state index >= 15 is 0 Å². The third kappa shape index (κ3) is 3.63. The van der Waals surface area contributed by atoms with Crippen molar-refractivity contribution in [3.05, 3.63) is 98.9 Å². The molecule has 32 heavy (non-hydrogen) atoms. The van der Waals surface area contributed by atoms with Crippen LogP contribution in [0.25, 0.3) is 5.00 Å². The van der Waals surface area contributed by atoms with Crippen molar-refractivity contribution in [1.29, 1.82) is 0 Å². The number of aryl methyl sites for hydroxylation is 1. The van der Waals surface area contributed by atoms with Gasteiger partial charge < -0.3 is 4.74 Å². The molecule has 8 heteroatoms. The molecule has 0 saturated carbocycles. The fraction of sp³-hybridized carbons (Fsp3) is 0.167. The summed E-state index contributed by atoms with van der Waals surface area (Å²) in [5, 5.41) is 10.1. The number of fused-ring (bicyclic) bond motifs is 3. The molecule has 2 aromatic heterocycles. The van der Waals surface area contributed by atoms with E-state index in [0.717, 1.165) is 38.4 Å². The molecule has 0 amide bonds. The van der Waals surface area contributed by atoms with E-state index in [0.29, 0.717) is 17.1 Å². The molecule has 0 radical (unpaired) electrons. The number of carbonyl (C=O) groups excluding carboxylic acids is 1. The maximum atomic E-state index is 12.6. The number of aromatic nitrogens is 3. The first-order valence-corrected chi connectivity index (χ1v) is 11.3. The molecule has 0 fully saturated rings. The summed E-state index contributed by atoms with van der Waals surface area (Å²) in [5.41, 5.74) is 3.08. The van der Waals surface area contributed by atoms with Crippen LogP contribution in [0.15, 0.2) is 65.7 Å². The van der Waals surface area contributed by atoms with Gasteiger partial charge in [0.2, 0.25) is 0 Å². The molecule has 0 spiro atoms. The average molecular weight is 463 g/mol.